The molecule has 2 heterocycles. The highest BCUT2D eigenvalue weighted by molar-refractivity contribution is 9.10. The maximum atomic E-state index is 12.1. The van der Waals surface area contributed by atoms with Gasteiger partial charge in [0, 0.05) is 10.2 Å². The Morgan fingerprint density at radius 2 is 2.19 bits per heavy atom. The smallest absolute Gasteiger partial charge is 0.235 e. The van der Waals surface area contributed by atoms with Crippen LogP contribution in [0.25, 0.3) is 5.69 Å². The summed E-state index contributed by atoms with van der Waals surface area (Å²) in [7, 11) is 1.51. The quantitative estimate of drug-likeness (QED) is 0.633. The average molecular weight is 446 g/mol. The Labute approximate surface area is 168 Å². The van der Waals surface area contributed by atoms with Crippen LogP contribution in [-0.4, -0.2) is 33.4 Å². The van der Waals surface area contributed by atoms with Crippen LogP contribution in [0, 0.1) is 0 Å². The number of aromatic nitrogens is 2. The van der Waals surface area contributed by atoms with Crippen molar-refractivity contribution in [3.8, 4) is 17.2 Å². The van der Waals surface area contributed by atoms with Crippen molar-refractivity contribution in [3.63, 3.8) is 0 Å². The summed E-state index contributed by atoms with van der Waals surface area (Å²) in [4.78, 5) is 16.6. The Morgan fingerprint density at radius 1 is 1.33 bits per heavy atom. The third kappa shape index (κ3) is 3.42. The molecule has 0 aliphatic carbocycles. The third-order valence-corrected chi connectivity index (χ3v) is 6.03. The second-order valence-corrected chi connectivity index (χ2v) is 8.01. The molecular weight excluding hydrogens is 430 g/mol. The molecule has 1 aromatic heterocycles. The van der Waals surface area contributed by atoms with E-state index in [4.69, 9.17) is 4.74 Å². The number of methoxy groups -OCH3 is 1. The summed E-state index contributed by atoms with van der Waals surface area (Å²) in [5, 5.41) is 12.9. The van der Waals surface area contributed by atoms with E-state index in [9.17, 15) is 9.90 Å². The molecule has 1 aliphatic heterocycles. The summed E-state index contributed by atoms with van der Waals surface area (Å²) in [5.41, 5.74) is 2.65. The molecule has 1 amide bonds. The highest BCUT2D eigenvalue weighted by Gasteiger charge is 2.29. The zero-order valence-corrected chi connectivity index (χ0v) is 16.8. The van der Waals surface area contributed by atoms with Crippen LogP contribution < -0.4 is 10.1 Å². The second kappa shape index (κ2) is 7.28. The first kappa shape index (κ1) is 17.9. The summed E-state index contributed by atoms with van der Waals surface area (Å²) in [5.74, 6) is 1.21. The van der Waals surface area contributed by atoms with E-state index in [1.54, 1.807) is 18.5 Å². The Bertz CT molecular complexity index is 1020. The van der Waals surface area contributed by atoms with Gasteiger partial charge in [-0.3, -0.25) is 9.36 Å². The number of carbonyl (C=O) groups excluding carboxylic acids is 1. The summed E-state index contributed by atoms with van der Waals surface area (Å²) < 4.78 is 8.06. The molecule has 2 N–H and O–H groups in total. The molecule has 0 unspecified atom stereocenters. The van der Waals surface area contributed by atoms with Crippen molar-refractivity contribution in [2.45, 2.75) is 5.25 Å². The first-order chi connectivity index (χ1) is 13.1. The van der Waals surface area contributed by atoms with E-state index in [-0.39, 0.29) is 16.9 Å². The summed E-state index contributed by atoms with van der Waals surface area (Å²) in [6, 6.07) is 13.2. The second-order valence-electron chi connectivity index (χ2n) is 6.00. The standard InChI is InChI=1S/C19H16BrN3O3S/c1-26-15-6-5-11(7-14(15)24)18-17-19(22-16(25)9-27-18)21-10-23(17)13-4-2-3-12(20)8-13/h2-8,10,18,24H,9H2,1H3,(H,22,25)/t18-/m0/s1. The SMILES string of the molecule is COc1ccc([C@@H]2SCC(=O)Nc3ncn(-c4cccc(Br)c4)c32)cc1O. The number of hydrogen-bond acceptors (Lipinski definition) is 5. The van der Waals surface area contributed by atoms with Gasteiger partial charge < -0.3 is 15.2 Å². The number of fused-ring (bicyclic) bond motifs is 1. The van der Waals surface area contributed by atoms with Crippen molar-refractivity contribution >= 4 is 39.4 Å². The minimum atomic E-state index is -0.183. The molecular formula is C19H16BrN3O3S. The number of phenols is 1. The van der Waals surface area contributed by atoms with Gasteiger partial charge >= 0.3 is 0 Å². The summed E-state index contributed by atoms with van der Waals surface area (Å²) in [6.45, 7) is 0. The van der Waals surface area contributed by atoms with Crippen LogP contribution in [0.5, 0.6) is 11.5 Å². The van der Waals surface area contributed by atoms with Crippen molar-refractivity contribution in [1.82, 2.24) is 9.55 Å². The predicted molar refractivity (Wildman–Crippen MR) is 109 cm³/mol. The van der Waals surface area contributed by atoms with Crippen molar-refractivity contribution in [1.29, 1.82) is 0 Å². The number of anilines is 1. The molecule has 0 fully saturated rings. The van der Waals surface area contributed by atoms with Gasteiger partial charge in [0.1, 0.15) is 6.33 Å². The molecule has 0 bridgehead atoms. The van der Waals surface area contributed by atoms with Crippen molar-refractivity contribution in [2.75, 3.05) is 18.2 Å². The number of nitrogens with one attached hydrogen (secondary N) is 1. The number of carbonyl (C=O) groups is 1. The van der Waals surface area contributed by atoms with Crippen LogP contribution in [0.3, 0.4) is 0 Å². The van der Waals surface area contributed by atoms with Crippen LogP contribution in [0.2, 0.25) is 0 Å². The maximum Gasteiger partial charge on any atom is 0.235 e. The third-order valence-electron chi connectivity index (χ3n) is 4.28. The molecule has 0 spiro atoms. The molecule has 3 aromatic rings. The van der Waals surface area contributed by atoms with Crippen LogP contribution in [0.4, 0.5) is 5.82 Å². The molecule has 27 heavy (non-hydrogen) atoms. The molecule has 0 saturated heterocycles. The molecule has 2 aromatic carbocycles. The van der Waals surface area contributed by atoms with Gasteiger partial charge in [0.05, 0.1) is 23.8 Å². The van der Waals surface area contributed by atoms with Gasteiger partial charge in [0.2, 0.25) is 5.91 Å². The fourth-order valence-electron chi connectivity index (χ4n) is 3.07. The molecule has 6 nitrogen and oxygen atoms in total. The van der Waals surface area contributed by atoms with Crippen molar-refractivity contribution < 1.29 is 14.6 Å². The van der Waals surface area contributed by atoms with E-state index in [1.807, 2.05) is 34.9 Å². The van der Waals surface area contributed by atoms with Gasteiger partial charge in [-0.15, -0.1) is 11.8 Å². The van der Waals surface area contributed by atoms with E-state index in [0.717, 1.165) is 21.4 Å². The number of aromatic hydroxyl groups is 1. The topological polar surface area (TPSA) is 76.4 Å². The number of hydrogen-bond donors (Lipinski definition) is 2. The number of nitrogens with zero attached hydrogens (tertiary/aromatic N) is 2. The number of thioether (sulfide) groups is 1. The number of halogens is 1. The lowest BCUT2D eigenvalue weighted by molar-refractivity contribution is -0.113. The number of phenolic OH excluding ortho intramolecular Hbond substituents is 1. The van der Waals surface area contributed by atoms with Crippen molar-refractivity contribution in [3.05, 3.63) is 64.5 Å². The Kier molecular flexibility index (Phi) is 4.84. The number of ether oxygens (including phenoxy) is 1. The van der Waals surface area contributed by atoms with E-state index >= 15 is 0 Å². The first-order valence-electron chi connectivity index (χ1n) is 8.18. The Balaban J connectivity index is 1.87. The molecule has 138 valence electrons. The van der Waals surface area contributed by atoms with E-state index in [2.05, 4.69) is 26.2 Å². The minimum Gasteiger partial charge on any atom is -0.504 e. The van der Waals surface area contributed by atoms with E-state index in [1.165, 1.54) is 18.9 Å². The first-order valence-corrected chi connectivity index (χ1v) is 10.0. The summed E-state index contributed by atoms with van der Waals surface area (Å²) in [6.07, 6.45) is 1.70. The number of imidazole rings is 1. The maximum absolute atomic E-state index is 12.1. The number of benzene rings is 2. The van der Waals surface area contributed by atoms with Crippen LogP contribution in [0.15, 0.2) is 53.3 Å². The summed E-state index contributed by atoms with van der Waals surface area (Å²) >= 11 is 4.99. The average Bonchev–Trinajstić information content (AvgIpc) is 2.98. The lowest BCUT2D eigenvalue weighted by Gasteiger charge is -2.19. The van der Waals surface area contributed by atoms with Crippen LogP contribution in [0.1, 0.15) is 16.5 Å². The largest absolute Gasteiger partial charge is 0.504 e. The van der Waals surface area contributed by atoms with Gasteiger partial charge in [0.25, 0.3) is 0 Å². The Hall–Kier alpha value is -2.45. The molecule has 0 saturated carbocycles. The normalized spacial score (nSPS) is 16.4. The fourth-order valence-corrected chi connectivity index (χ4v) is 4.57. The van der Waals surface area contributed by atoms with Gasteiger partial charge in [-0.1, -0.05) is 28.1 Å². The highest BCUT2D eigenvalue weighted by Crippen LogP contribution is 2.44. The predicted octanol–water partition coefficient (Wildman–Crippen LogP) is 4.12. The minimum absolute atomic E-state index is 0.0641. The van der Waals surface area contributed by atoms with E-state index in [0.29, 0.717) is 17.3 Å². The lowest BCUT2D eigenvalue weighted by atomic mass is 10.1. The van der Waals surface area contributed by atoms with Gasteiger partial charge in [-0.25, -0.2) is 4.98 Å². The van der Waals surface area contributed by atoms with Crippen LogP contribution >= 0.6 is 27.7 Å². The number of amides is 1. The highest BCUT2D eigenvalue weighted by atomic mass is 79.9. The Morgan fingerprint density at radius 3 is 2.93 bits per heavy atom. The molecule has 1 atom stereocenters. The van der Waals surface area contributed by atoms with Gasteiger partial charge in [-0.2, -0.15) is 0 Å². The monoisotopic (exact) mass is 445 g/mol. The lowest BCUT2D eigenvalue weighted by Crippen LogP contribution is -2.12. The fraction of sp³-hybridized carbons (Fsp3) is 0.158. The van der Waals surface area contributed by atoms with Gasteiger partial charge in [-0.05, 0) is 35.9 Å². The molecule has 1 aliphatic rings. The van der Waals surface area contributed by atoms with E-state index < -0.39 is 0 Å². The zero-order chi connectivity index (χ0) is 19.0. The number of rotatable bonds is 3. The zero-order valence-electron chi connectivity index (χ0n) is 14.3. The van der Waals surface area contributed by atoms with Crippen LogP contribution in [-0.2, 0) is 4.79 Å². The molecule has 0 radical (unpaired) electrons. The molecule has 8 heteroatoms. The van der Waals surface area contributed by atoms with Crippen molar-refractivity contribution in [2.24, 2.45) is 0 Å². The molecule has 4 rings (SSSR count). The van der Waals surface area contributed by atoms with Gasteiger partial charge in [0.15, 0.2) is 17.3 Å².